The second kappa shape index (κ2) is 20.7. The van der Waals surface area contributed by atoms with Gasteiger partial charge in [-0.15, -0.1) is 0 Å². The fraction of sp³-hybridized carbons (Fsp3) is 0. The second-order valence-corrected chi connectivity index (χ2v) is 18.2. The molecule has 0 aliphatic carbocycles. The van der Waals surface area contributed by atoms with Crippen LogP contribution in [0.15, 0.2) is 231 Å². The average molecular weight is 1020 g/mol. The summed E-state index contributed by atoms with van der Waals surface area (Å²) in [6, 6.07) is 75.4. The zero-order valence-corrected chi connectivity index (χ0v) is 41.0. The Morgan fingerprint density at radius 3 is 0.681 bits per heavy atom. The molecule has 17 rings (SSSR count). The average Bonchev–Trinajstić information content (AvgIpc) is 3.42. The highest BCUT2D eigenvalue weighted by molar-refractivity contribution is 6.36. The number of benzene rings is 8. The number of halogens is 4. The van der Waals surface area contributed by atoms with E-state index >= 15 is 0 Å². The first-order chi connectivity index (χ1) is 35.3. The first-order valence-electron chi connectivity index (χ1n) is 22.9. The molecule has 2 aromatic heterocycles. The predicted octanol–water partition coefficient (Wildman–Crippen LogP) is 18.6. The molecule has 0 saturated heterocycles. The van der Waals surface area contributed by atoms with E-state index < -0.39 is 0 Å². The quantitative estimate of drug-likeness (QED) is 0.175. The van der Waals surface area contributed by atoms with E-state index in [9.17, 15) is 0 Å². The van der Waals surface area contributed by atoms with Crippen molar-refractivity contribution in [2.45, 2.75) is 0 Å². The van der Waals surface area contributed by atoms with Crippen LogP contribution in [0.2, 0.25) is 20.1 Å². The van der Waals surface area contributed by atoms with Gasteiger partial charge < -0.3 is 18.9 Å². The lowest BCUT2D eigenvalue weighted by atomic mass is 9.86. The Morgan fingerprint density at radius 2 is 0.472 bits per heavy atom. The third-order valence-electron chi connectivity index (χ3n) is 11.9. The van der Waals surface area contributed by atoms with Crippen molar-refractivity contribution in [1.29, 1.82) is 0 Å². The maximum atomic E-state index is 6.75. The smallest absolute Gasteiger partial charge is 0.241 e. The Kier molecular flexibility index (Phi) is 13.3. The lowest BCUT2D eigenvalue weighted by Crippen LogP contribution is -1.99. The first kappa shape index (κ1) is 46.3. The van der Waals surface area contributed by atoms with E-state index in [1.165, 1.54) is 0 Å². The van der Waals surface area contributed by atoms with Crippen LogP contribution in [0.25, 0.3) is 22.3 Å². The van der Waals surface area contributed by atoms with Crippen molar-refractivity contribution < 1.29 is 18.9 Å². The van der Waals surface area contributed by atoms with Gasteiger partial charge in [-0.25, -0.2) is 0 Å². The molecule has 0 atom stereocenters. The van der Waals surface area contributed by atoms with Gasteiger partial charge in [-0.3, -0.25) is 0 Å². The fourth-order valence-corrected chi connectivity index (χ4v) is 9.47. The van der Waals surface area contributed by atoms with Gasteiger partial charge in [-0.1, -0.05) is 216 Å². The van der Waals surface area contributed by atoms with Gasteiger partial charge in [0.05, 0.1) is 0 Å². The van der Waals surface area contributed by atoms with E-state index in [0.29, 0.717) is 23.0 Å². The summed E-state index contributed by atoms with van der Waals surface area (Å²) < 4.78 is 25.5. The number of hydrogen-bond donors (Lipinski definition) is 0. The standard InChI is InChI=1S/C62H38Cl4N2O4/c63-51-37-53(65)61-67-59(51)69-47-29-21-43(22-30-47)57(55(39-13-5-1-6-14-39)40-15-7-2-8-16-40)44-23-31-48(32-24-44)70-60-52(64)38-54(66)62(68-60)72-50-35-27-46(28-36-50)58(45-25-33-49(71-61)34-26-45)56(41-17-9-3-10-18-41)42-19-11-4-12-20-42/h1-38H. The molecule has 0 radical (unpaired) electrons. The van der Waals surface area contributed by atoms with Gasteiger partial charge in [0.25, 0.3) is 0 Å². The van der Waals surface area contributed by atoms with Crippen LogP contribution in [-0.4, -0.2) is 9.97 Å². The highest BCUT2D eigenvalue weighted by Crippen LogP contribution is 2.43. The summed E-state index contributed by atoms with van der Waals surface area (Å²) in [6.07, 6.45) is 0. The molecular formula is C62H38Cl4N2O4. The van der Waals surface area contributed by atoms with Gasteiger partial charge >= 0.3 is 0 Å². The summed E-state index contributed by atoms with van der Waals surface area (Å²) in [7, 11) is 0. The lowest BCUT2D eigenvalue weighted by Gasteiger charge is -2.19. The minimum Gasteiger partial charge on any atom is -0.437 e. The number of rotatable bonds is 4. The largest absolute Gasteiger partial charge is 0.437 e. The molecule has 8 aromatic carbocycles. The van der Waals surface area contributed by atoms with E-state index in [1.807, 2.05) is 170 Å². The van der Waals surface area contributed by atoms with E-state index in [4.69, 9.17) is 65.4 Å². The third-order valence-corrected chi connectivity index (χ3v) is 13.0. The molecule has 0 fully saturated rings. The number of pyridine rings is 2. The third kappa shape index (κ3) is 9.95. The highest BCUT2D eigenvalue weighted by Gasteiger charge is 2.21. The van der Waals surface area contributed by atoms with Crippen molar-refractivity contribution in [3.8, 4) is 46.5 Å². The Bertz CT molecular complexity index is 3140. The van der Waals surface area contributed by atoms with Crippen LogP contribution in [0.3, 0.4) is 0 Å². The van der Waals surface area contributed by atoms with Gasteiger partial charge in [0, 0.05) is 0 Å². The van der Waals surface area contributed by atoms with Crippen LogP contribution in [0.4, 0.5) is 0 Å². The molecule has 10 heteroatoms. The molecule has 12 bridgehead atoms. The van der Waals surface area contributed by atoms with Crippen LogP contribution in [0, 0.1) is 0 Å². The number of ether oxygens (including phenoxy) is 4. The summed E-state index contributed by atoms with van der Waals surface area (Å²) in [4.78, 5) is 9.36. The molecule has 0 unspecified atom stereocenters. The van der Waals surface area contributed by atoms with Crippen molar-refractivity contribution in [2.24, 2.45) is 0 Å². The number of nitrogens with zero attached hydrogens (tertiary/aromatic N) is 2. The minimum absolute atomic E-state index is 0.129. The SMILES string of the molecule is Clc1cc(Cl)c2nc1Oc1ccc(cc1)C(=C(c1ccccc1)c1ccccc1)c1ccc(cc1)Oc1nc(c(Cl)cc1Cl)Oc1ccc(cc1)C(=C(c1ccccc1)c1ccccc1)c1ccc(cc1)O2. The van der Waals surface area contributed by atoms with Gasteiger partial charge in [-0.2, -0.15) is 9.97 Å². The zero-order chi connectivity index (χ0) is 49.0. The Labute approximate surface area is 436 Å². The van der Waals surface area contributed by atoms with E-state index in [1.54, 1.807) is 12.1 Å². The molecule has 7 aliphatic rings. The van der Waals surface area contributed by atoms with Gasteiger partial charge in [0.15, 0.2) is 0 Å². The molecule has 0 spiro atoms. The molecule has 0 saturated carbocycles. The van der Waals surface area contributed by atoms with Crippen molar-refractivity contribution >= 4 is 68.7 Å². The predicted molar refractivity (Wildman–Crippen MR) is 290 cm³/mol. The first-order valence-corrected chi connectivity index (χ1v) is 24.4. The number of hydrogen-bond acceptors (Lipinski definition) is 6. The number of aromatic nitrogens is 2. The highest BCUT2D eigenvalue weighted by atomic mass is 35.5. The van der Waals surface area contributed by atoms with Gasteiger partial charge in [-0.05, 0) is 127 Å². The van der Waals surface area contributed by atoms with Crippen LogP contribution >= 0.6 is 46.4 Å². The molecule has 6 nitrogen and oxygen atoms in total. The Hall–Kier alpha value is -8.10. The summed E-state index contributed by atoms with van der Waals surface area (Å²) in [6.45, 7) is 0. The summed E-state index contributed by atoms with van der Waals surface area (Å²) >= 11 is 27.0. The van der Waals surface area contributed by atoms with Crippen molar-refractivity contribution in [1.82, 2.24) is 9.97 Å². The van der Waals surface area contributed by atoms with E-state index in [2.05, 4.69) is 58.5 Å². The maximum Gasteiger partial charge on any atom is 0.241 e. The van der Waals surface area contributed by atoms with E-state index in [-0.39, 0.29) is 43.6 Å². The van der Waals surface area contributed by atoms with Crippen LogP contribution in [0.1, 0.15) is 44.5 Å². The zero-order valence-electron chi connectivity index (χ0n) is 38.0. The summed E-state index contributed by atoms with van der Waals surface area (Å²) in [5.74, 6) is 2.51. The van der Waals surface area contributed by atoms with Crippen molar-refractivity contribution in [3.63, 3.8) is 0 Å². The van der Waals surface area contributed by atoms with Crippen LogP contribution in [-0.2, 0) is 0 Å². The Morgan fingerprint density at radius 1 is 0.264 bits per heavy atom. The second-order valence-electron chi connectivity index (χ2n) is 16.6. The summed E-state index contributed by atoms with van der Waals surface area (Å²) in [5, 5.41) is 0.876. The molecule has 0 N–H and O–H groups in total. The molecule has 72 heavy (non-hydrogen) atoms. The van der Waals surface area contributed by atoms with Crippen LogP contribution in [0.5, 0.6) is 46.5 Å². The van der Waals surface area contributed by atoms with Crippen LogP contribution < -0.4 is 18.9 Å². The normalized spacial score (nSPS) is 12.0. The van der Waals surface area contributed by atoms with Crippen molar-refractivity contribution in [3.05, 3.63) is 295 Å². The maximum absolute atomic E-state index is 6.75. The Balaban J connectivity index is 1.07. The van der Waals surface area contributed by atoms with Gasteiger partial charge in [0.2, 0.25) is 23.5 Å². The van der Waals surface area contributed by atoms with Crippen molar-refractivity contribution in [2.75, 3.05) is 0 Å². The monoisotopic (exact) mass is 1010 g/mol. The lowest BCUT2D eigenvalue weighted by molar-refractivity contribution is 0.426. The topological polar surface area (TPSA) is 62.7 Å². The molecule has 0 amide bonds. The molecular weight excluding hydrogens is 979 g/mol. The molecule has 10 aromatic rings. The summed E-state index contributed by atoms with van der Waals surface area (Å²) in [5.41, 5.74) is 11.8. The molecule has 7 aliphatic heterocycles. The van der Waals surface area contributed by atoms with Gasteiger partial charge in [0.1, 0.15) is 43.1 Å². The fourth-order valence-electron chi connectivity index (χ4n) is 8.60. The minimum atomic E-state index is 0.129. The van der Waals surface area contributed by atoms with E-state index in [0.717, 1.165) is 66.8 Å². The molecule has 348 valence electrons. The molecule has 9 heterocycles.